The molecule has 1 fully saturated rings. The van der Waals surface area contributed by atoms with E-state index in [1.807, 2.05) is 0 Å². The molecule has 2 rings (SSSR count). The summed E-state index contributed by atoms with van der Waals surface area (Å²) in [7, 11) is 2.96. The predicted molar refractivity (Wildman–Crippen MR) is 125 cm³/mol. The lowest BCUT2D eigenvalue weighted by Crippen LogP contribution is -2.47. The topological polar surface area (TPSA) is 150 Å². The Morgan fingerprint density at radius 1 is 1.22 bits per heavy atom. The Kier molecular flexibility index (Phi) is 9.76. The van der Waals surface area contributed by atoms with Crippen LogP contribution in [0.2, 0.25) is 0 Å². The lowest BCUT2D eigenvalue weighted by Gasteiger charge is -2.29. The van der Waals surface area contributed by atoms with E-state index in [4.69, 9.17) is 18.9 Å². The molecule has 0 saturated carbocycles. The smallest absolute Gasteiger partial charge is 0.414 e. The van der Waals surface area contributed by atoms with Crippen molar-refractivity contribution in [2.75, 3.05) is 20.7 Å². The van der Waals surface area contributed by atoms with E-state index in [-0.39, 0.29) is 17.9 Å². The van der Waals surface area contributed by atoms with E-state index in [9.17, 15) is 24.0 Å². The number of nitrogens with zero attached hydrogens (tertiary/aromatic N) is 2. The van der Waals surface area contributed by atoms with E-state index < -0.39 is 66.6 Å². The van der Waals surface area contributed by atoms with Crippen LogP contribution in [0.25, 0.3) is 0 Å². The molecule has 4 unspecified atom stereocenters. The molecule has 1 saturated heterocycles. The minimum absolute atomic E-state index is 0.0813. The van der Waals surface area contributed by atoms with Crippen LogP contribution in [0.4, 0.5) is 4.79 Å². The highest BCUT2D eigenvalue weighted by Gasteiger charge is 2.41. The summed E-state index contributed by atoms with van der Waals surface area (Å²) < 4.78 is 21.5. The average molecular weight is 508 g/mol. The van der Waals surface area contributed by atoms with Crippen molar-refractivity contribution in [1.82, 2.24) is 15.2 Å². The molecule has 0 aromatic carbocycles. The Bertz CT molecular complexity index is 1010. The van der Waals surface area contributed by atoms with Crippen molar-refractivity contribution in [2.24, 2.45) is 11.8 Å². The van der Waals surface area contributed by atoms with E-state index in [0.29, 0.717) is 5.56 Å². The average Bonchev–Trinajstić information content (AvgIpc) is 2.84. The third-order valence-corrected chi connectivity index (χ3v) is 5.48. The Morgan fingerprint density at radius 2 is 1.89 bits per heavy atom. The molecule has 0 radical (unpaired) electrons. The molecule has 36 heavy (non-hydrogen) atoms. The zero-order chi connectivity index (χ0) is 27.2. The Morgan fingerprint density at radius 3 is 2.47 bits per heavy atom. The summed E-state index contributed by atoms with van der Waals surface area (Å²) in [4.78, 5) is 68.2. The SMILES string of the molecule is CCC1C(=O)OCC(NC(=O)c2nccc(C)c2OC(=O)N(C)C)C(=O)OC(C)C1OC(=O)C(C)C. The van der Waals surface area contributed by atoms with Crippen LogP contribution in [-0.4, -0.2) is 78.7 Å². The van der Waals surface area contributed by atoms with Crippen molar-refractivity contribution < 1.29 is 42.9 Å². The van der Waals surface area contributed by atoms with E-state index in [0.717, 1.165) is 0 Å². The first kappa shape index (κ1) is 28.5. The number of rotatable bonds is 6. The second-order valence-electron chi connectivity index (χ2n) is 8.94. The first-order valence-electron chi connectivity index (χ1n) is 11.6. The summed E-state index contributed by atoms with van der Waals surface area (Å²) >= 11 is 0. The van der Waals surface area contributed by atoms with Crippen molar-refractivity contribution in [3.8, 4) is 5.75 Å². The lowest BCUT2D eigenvalue weighted by atomic mass is 9.95. The number of aromatic nitrogens is 1. The zero-order valence-electron chi connectivity index (χ0n) is 21.5. The number of nitrogens with one attached hydrogen (secondary N) is 1. The summed E-state index contributed by atoms with van der Waals surface area (Å²) in [6, 6.07) is 0.164. The maximum atomic E-state index is 13.0. The van der Waals surface area contributed by atoms with Crippen LogP contribution in [0, 0.1) is 18.8 Å². The van der Waals surface area contributed by atoms with Crippen LogP contribution in [-0.2, 0) is 28.6 Å². The molecule has 1 aromatic heterocycles. The van der Waals surface area contributed by atoms with E-state index in [1.54, 1.807) is 33.8 Å². The molecule has 12 heteroatoms. The molecule has 0 bridgehead atoms. The van der Waals surface area contributed by atoms with Crippen LogP contribution < -0.4 is 10.1 Å². The number of amides is 2. The van der Waals surface area contributed by atoms with Gasteiger partial charge in [-0.2, -0.15) is 0 Å². The van der Waals surface area contributed by atoms with Crippen LogP contribution in [0.1, 0.15) is 50.2 Å². The van der Waals surface area contributed by atoms with Crippen LogP contribution in [0.5, 0.6) is 5.75 Å². The highest BCUT2D eigenvalue weighted by Crippen LogP contribution is 2.25. The van der Waals surface area contributed by atoms with Gasteiger partial charge in [-0.15, -0.1) is 0 Å². The number of carbonyl (C=O) groups is 5. The highest BCUT2D eigenvalue weighted by atomic mass is 16.6. The second kappa shape index (κ2) is 12.3. The van der Waals surface area contributed by atoms with Gasteiger partial charge in [0.2, 0.25) is 0 Å². The summed E-state index contributed by atoms with van der Waals surface area (Å²) in [6.45, 7) is 7.60. The molecule has 12 nitrogen and oxygen atoms in total. The number of pyridine rings is 1. The van der Waals surface area contributed by atoms with Crippen LogP contribution >= 0.6 is 0 Å². The number of cyclic esters (lactones) is 2. The second-order valence-corrected chi connectivity index (χ2v) is 8.94. The van der Waals surface area contributed by atoms with Gasteiger partial charge in [0.15, 0.2) is 23.6 Å². The lowest BCUT2D eigenvalue weighted by molar-refractivity contribution is -0.176. The first-order valence-corrected chi connectivity index (χ1v) is 11.6. The van der Waals surface area contributed by atoms with Gasteiger partial charge in [0.25, 0.3) is 5.91 Å². The highest BCUT2D eigenvalue weighted by molar-refractivity contribution is 5.98. The Labute approximate surface area is 209 Å². The van der Waals surface area contributed by atoms with Crippen LogP contribution in [0.15, 0.2) is 12.3 Å². The number of hydrogen-bond donors (Lipinski definition) is 1. The molecule has 2 heterocycles. The molecule has 0 aliphatic carbocycles. The summed E-state index contributed by atoms with van der Waals surface area (Å²) in [5.74, 6) is -4.41. The van der Waals surface area contributed by atoms with Gasteiger partial charge in [-0.1, -0.05) is 20.8 Å². The van der Waals surface area contributed by atoms with Crippen LogP contribution in [0.3, 0.4) is 0 Å². The number of esters is 3. The monoisotopic (exact) mass is 507 g/mol. The van der Waals surface area contributed by atoms with Gasteiger partial charge in [0.05, 0.1) is 11.8 Å². The fraction of sp³-hybridized carbons (Fsp3) is 0.583. The number of ether oxygens (including phenoxy) is 4. The standard InChI is InChI=1S/C24H33N3O9/c1-8-15-19(35-21(29)12(2)3)14(5)34-23(31)16(11-33-22(15)30)26-20(28)17-18(13(4)9-10-25-17)36-24(32)27(6)7/h9-10,12,14-16,19H,8,11H2,1-7H3,(H,26,28). The van der Waals surface area contributed by atoms with Crippen molar-refractivity contribution in [3.63, 3.8) is 0 Å². The molecule has 4 atom stereocenters. The van der Waals surface area contributed by atoms with E-state index >= 15 is 0 Å². The summed E-state index contributed by atoms with van der Waals surface area (Å²) in [5.41, 5.74) is 0.218. The Hall–Kier alpha value is -3.70. The van der Waals surface area contributed by atoms with Crippen molar-refractivity contribution in [3.05, 3.63) is 23.5 Å². The molecule has 1 aliphatic rings. The van der Waals surface area contributed by atoms with Crippen molar-refractivity contribution in [1.29, 1.82) is 0 Å². The largest absolute Gasteiger partial charge is 0.463 e. The zero-order valence-corrected chi connectivity index (χ0v) is 21.5. The molecule has 1 aliphatic heterocycles. The minimum atomic E-state index is -1.39. The predicted octanol–water partition coefficient (Wildman–Crippen LogP) is 1.63. The molecule has 198 valence electrons. The molecular weight excluding hydrogens is 474 g/mol. The van der Waals surface area contributed by atoms with Gasteiger partial charge < -0.3 is 29.2 Å². The van der Waals surface area contributed by atoms with Gasteiger partial charge in [0.1, 0.15) is 12.7 Å². The van der Waals surface area contributed by atoms with Gasteiger partial charge in [-0.05, 0) is 31.9 Å². The van der Waals surface area contributed by atoms with Gasteiger partial charge in [-0.3, -0.25) is 14.4 Å². The quantitative estimate of drug-likeness (QED) is 0.444. The molecule has 1 N–H and O–H groups in total. The van der Waals surface area contributed by atoms with Gasteiger partial charge in [0, 0.05) is 20.3 Å². The summed E-state index contributed by atoms with van der Waals surface area (Å²) in [5, 5.41) is 2.43. The number of carbonyl (C=O) groups excluding carboxylic acids is 5. The number of aryl methyl sites for hydroxylation is 1. The Balaban J connectivity index is 2.29. The maximum Gasteiger partial charge on any atom is 0.414 e. The maximum absolute atomic E-state index is 13.0. The molecule has 1 aromatic rings. The third-order valence-electron chi connectivity index (χ3n) is 5.48. The third kappa shape index (κ3) is 6.92. The number of hydrogen-bond acceptors (Lipinski definition) is 10. The van der Waals surface area contributed by atoms with Gasteiger partial charge >= 0.3 is 24.0 Å². The van der Waals surface area contributed by atoms with Crippen molar-refractivity contribution >= 4 is 29.9 Å². The first-order chi connectivity index (χ1) is 16.9. The fourth-order valence-corrected chi connectivity index (χ4v) is 3.32. The molecule has 0 spiro atoms. The van der Waals surface area contributed by atoms with Gasteiger partial charge in [-0.25, -0.2) is 14.6 Å². The van der Waals surface area contributed by atoms with E-state index in [1.165, 1.54) is 32.1 Å². The molecular formula is C24H33N3O9. The van der Waals surface area contributed by atoms with Crippen molar-refractivity contribution in [2.45, 2.75) is 59.3 Å². The normalized spacial score (nSPS) is 22.3. The minimum Gasteiger partial charge on any atom is -0.463 e. The molecule has 2 amide bonds. The summed E-state index contributed by atoms with van der Waals surface area (Å²) in [6.07, 6.45) is -1.17. The van der Waals surface area contributed by atoms with E-state index in [2.05, 4.69) is 10.3 Å². The fourth-order valence-electron chi connectivity index (χ4n) is 3.32.